The van der Waals surface area contributed by atoms with Crippen LogP contribution in [0.5, 0.6) is 0 Å². The van der Waals surface area contributed by atoms with E-state index in [-0.39, 0.29) is 22.8 Å². The standard InChI is InChI=1S/C15H20FNO3S/c16-13-4-2-1-3-12(13)11-21(18,19)17-14-5-6-15(14)7-9-20-10-8-15/h1-4,14,17H,5-11H2. The highest BCUT2D eigenvalue weighted by Gasteiger charge is 2.48. The van der Waals surface area contributed by atoms with Crippen molar-refractivity contribution in [1.29, 1.82) is 0 Å². The van der Waals surface area contributed by atoms with E-state index in [1.165, 1.54) is 12.1 Å². The molecule has 1 N–H and O–H groups in total. The maximum absolute atomic E-state index is 13.6. The zero-order chi connectivity index (χ0) is 14.9. The molecular weight excluding hydrogens is 293 g/mol. The Labute approximate surface area is 124 Å². The van der Waals surface area contributed by atoms with E-state index in [1.54, 1.807) is 12.1 Å². The maximum Gasteiger partial charge on any atom is 0.216 e. The number of hydrogen-bond donors (Lipinski definition) is 1. The first kappa shape index (κ1) is 14.9. The Morgan fingerprint density at radius 1 is 1.24 bits per heavy atom. The summed E-state index contributed by atoms with van der Waals surface area (Å²) < 4.78 is 46.3. The zero-order valence-corrected chi connectivity index (χ0v) is 12.7. The van der Waals surface area contributed by atoms with Crippen LogP contribution < -0.4 is 4.72 Å². The second-order valence-electron chi connectivity index (χ2n) is 6.03. The molecule has 1 spiro atoms. The van der Waals surface area contributed by atoms with Crippen LogP contribution in [0.2, 0.25) is 0 Å². The Bertz CT molecular complexity index is 611. The minimum atomic E-state index is -3.52. The summed E-state index contributed by atoms with van der Waals surface area (Å²) in [6.07, 6.45) is 3.71. The fraction of sp³-hybridized carbons (Fsp3) is 0.600. The summed E-state index contributed by atoms with van der Waals surface area (Å²) in [4.78, 5) is 0. The van der Waals surface area contributed by atoms with Crippen LogP contribution >= 0.6 is 0 Å². The lowest BCUT2D eigenvalue weighted by Crippen LogP contribution is -2.57. The number of hydrogen-bond acceptors (Lipinski definition) is 3. The first-order valence-electron chi connectivity index (χ1n) is 7.32. The molecule has 1 heterocycles. The molecule has 0 radical (unpaired) electrons. The van der Waals surface area contributed by atoms with Gasteiger partial charge in [-0.15, -0.1) is 0 Å². The lowest BCUT2D eigenvalue weighted by molar-refractivity contribution is -0.0483. The normalized spacial score (nSPS) is 24.7. The van der Waals surface area contributed by atoms with Crippen molar-refractivity contribution in [3.63, 3.8) is 0 Å². The van der Waals surface area contributed by atoms with Crippen molar-refractivity contribution in [2.24, 2.45) is 5.41 Å². The summed E-state index contributed by atoms with van der Waals surface area (Å²) >= 11 is 0. The lowest BCUT2D eigenvalue weighted by Gasteiger charge is -2.51. The molecule has 1 saturated heterocycles. The third kappa shape index (κ3) is 3.12. The van der Waals surface area contributed by atoms with Crippen molar-refractivity contribution in [2.75, 3.05) is 13.2 Å². The van der Waals surface area contributed by atoms with Crippen LogP contribution in [-0.2, 0) is 20.5 Å². The molecule has 1 aromatic carbocycles. The number of rotatable bonds is 4. The van der Waals surface area contributed by atoms with Crippen molar-refractivity contribution >= 4 is 10.0 Å². The smallest absolute Gasteiger partial charge is 0.216 e. The van der Waals surface area contributed by atoms with Gasteiger partial charge in [-0.2, -0.15) is 0 Å². The largest absolute Gasteiger partial charge is 0.381 e. The summed E-state index contributed by atoms with van der Waals surface area (Å²) in [7, 11) is -3.52. The SMILES string of the molecule is O=S(=O)(Cc1ccccc1F)NC1CCC12CCOCC2. The molecule has 21 heavy (non-hydrogen) atoms. The third-order valence-corrected chi connectivity index (χ3v) is 6.12. The van der Waals surface area contributed by atoms with E-state index in [0.717, 1.165) is 25.7 Å². The van der Waals surface area contributed by atoms with Crippen LogP contribution in [0.1, 0.15) is 31.2 Å². The molecule has 4 nitrogen and oxygen atoms in total. The first-order valence-corrected chi connectivity index (χ1v) is 8.97. The monoisotopic (exact) mass is 313 g/mol. The minimum Gasteiger partial charge on any atom is -0.381 e. The van der Waals surface area contributed by atoms with Gasteiger partial charge in [0, 0.05) is 24.8 Å². The van der Waals surface area contributed by atoms with Crippen LogP contribution in [0.15, 0.2) is 24.3 Å². The number of ether oxygens (including phenoxy) is 1. The van der Waals surface area contributed by atoms with Gasteiger partial charge in [0.05, 0.1) is 5.75 Å². The molecule has 1 unspecified atom stereocenters. The van der Waals surface area contributed by atoms with Gasteiger partial charge in [0.15, 0.2) is 0 Å². The van der Waals surface area contributed by atoms with Crippen LogP contribution in [-0.4, -0.2) is 27.7 Å². The van der Waals surface area contributed by atoms with Gasteiger partial charge in [0.25, 0.3) is 0 Å². The molecule has 2 fully saturated rings. The Kier molecular flexibility index (Phi) is 4.03. The van der Waals surface area contributed by atoms with E-state index in [0.29, 0.717) is 13.2 Å². The van der Waals surface area contributed by atoms with Crippen LogP contribution in [0.25, 0.3) is 0 Å². The molecule has 0 aromatic heterocycles. The zero-order valence-electron chi connectivity index (χ0n) is 11.8. The minimum absolute atomic E-state index is 0.0295. The number of nitrogens with one attached hydrogen (secondary N) is 1. The lowest BCUT2D eigenvalue weighted by atomic mass is 9.60. The predicted octanol–water partition coefficient (Wildman–Crippen LogP) is 2.20. The molecular formula is C15H20FNO3S. The van der Waals surface area contributed by atoms with Gasteiger partial charge in [0.1, 0.15) is 5.82 Å². The second-order valence-corrected chi connectivity index (χ2v) is 7.79. The highest BCUT2D eigenvalue weighted by atomic mass is 32.2. The van der Waals surface area contributed by atoms with Gasteiger partial charge >= 0.3 is 0 Å². The topological polar surface area (TPSA) is 55.4 Å². The van der Waals surface area contributed by atoms with Crippen molar-refractivity contribution in [3.8, 4) is 0 Å². The van der Waals surface area contributed by atoms with Gasteiger partial charge in [0.2, 0.25) is 10.0 Å². The van der Waals surface area contributed by atoms with E-state index in [2.05, 4.69) is 4.72 Å². The molecule has 1 aromatic rings. The van der Waals surface area contributed by atoms with E-state index < -0.39 is 15.8 Å². The first-order chi connectivity index (χ1) is 10.0. The molecule has 1 aliphatic carbocycles. The Hall–Kier alpha value is -0.980. The molecule has 1 saturated carbocycles. The second kappa shape index (κ2) is 5.66. The Morgan fingerprint density at radius 2 is 1.95 bits per heavy atom. The molecule has 1 atom stereocenters. The van der Waals surface area contributed by atoms with E-state index in [4.69, 9.17) is 4.74 Å². The summed E-state index contributed by atoms with van der Waals surface area (Å²) in [6.45, 7) is 1.40. The molecule has 0 amide bonds. The summed E-state index contributed by atoms with van der Waals surface area (Å²) in [5.41, 5.74) is 0.269. The van der Waals surface area contributed by atoms with Crippen molar-refractivity contribution in [1.82, 2.24) is 4.72 Å². The summed E-state index contributed by atoms with van der Waals surface area (Å²) in [6, 6.07) is 5.98. The fourth-order valence-corrected chi connectivity index (χ4v) is 4.86. The van der Waals surface area contributed by atoms with E-state index >= 15 is 0 Å². The van der Waals surface area contributed by atoms with Crippen molar-refractivity contribution < 1.29 is 17.5 Å². The predicted molar refractivity (Wildman–Crippen MR) is 77.7 cm³/mol. The van der Waals surface area contributed by atoms with Gasteiger partial charge in [-0.3, -0.25) is 0 Å². The van der Waals surface area contributed by atoms with Crippen molar-refractivity contribution in [2.45, 2.75) is 37.5 Å². The van der Waals surface area contributed by atoms with Crippen LogP contribution in [0, 0.1) is 11.2 Å². The fourth-order valence-electron chi connectivity index (χ4n) is 3.34. The summed E-state index contributed by atoms with van der Waals surface area (Å²) in [5, 5.41) is 0. The molecule has 2 aliphatic rings. The molecule has 116 valence electrons. The average Bonchev–Trinajstić information content (AvgIpc) is 2.47. The number of sulfonamides is 1. The molecule has 6 heteroatoms. The summed E-state index contributed by atoms with van der Waals surface area (Å²) in [5.74, 6) is -0.778. The average molecular weight is 313 g/mol. The van der Waals surface area contributed by atoms with Gasteiger partial charge in [-0.05, 0) is 37.2 Å². The molecule has 1 aliphatic heterocycles. The highest BCUT2D eigenvalue weighted by Crippen LogP contribution is 2.49. The van der Waals surface area contributed by atoms with Crippen LogP contribution in [0.4, 0.5) is 4.39 Å². The Morgan fingerprint density at radius 3 is 2.57 bits per heavy atom. The quantitative estimate of drug-likeness (QED) is 0.927. The van der Waals surface area contributed by atoms with Crippen LogP contribution in [0.3, 0.4) is 0 Å². The van der Waals surface area contributed by atoms with E-state index in [1.807, 2.05) is 0 Å². The van der Waals surface area contributed by atoms with Crippen molar-refractivity contribution in [3.05, 3.63) is 35.6 Å². The number of halogens is 1. The van der Waals surface area contributed by atoms with E-state index in [9.17, 15) is 12.8 Å². The molecule has 0 bridgehead atoms. The van der Waals surface area contributed by atoms with Gasteiger partial charge < -0.3 is 4.74 Å². The molecule has 3 rings (SSSR count). The highest BCUT2D eigenvalue weighted by molar-refractivity contribution is 7.88. The maximum atomic E-state index is 13.6. The number of benzene rings is 1. The Balaban J connectivity index is 1.68. The van der Waals surface area contributed by atoms with Gasteiger partial charge in [-0.1, -0.05) is 18.2 Å². The van der Waals surface area contributed by atoms with Gasteiger partial charge in [-0.25, -0.2) is 17.5 Å². The third-order valence-electron chi connectivity index (χ3n) is 4.78.